The Hall–Kier alpha value is -3.28. The Kier molecular flexibility index (Phi) is 3.65. The van der Waals surface area contributed by atoms with Crippen LogP contribution in [0.15, 0.2) is 48.9 Å². The molecule has 0 amide bonds. The lowest BCUT2D eigenvalue weighted by molar-refractivity contribution is 0.754. The zero-order valence-corrected chi connectivity index (χ0v) is 14.1. The van der Waals surface area contributed by atoms with Gasteiger partial charge in [0.1, 0.15) is 0 Å². The van der Waals surface area contributed by atoms with E-state index in [1.54, 1.807) is 12.5 Å². The van der Waals surface area contributed by atoms with Gasteiger partial charge >= 0.3 is 0 Å². The monoisotopic (exact) mass is 330 g/mol. The number of nitrogens with zero attached hydrogens (tertiary/aromatic N) is 5. The number of rotatable bonds is 3. The topological polar surface area (TPSA) is 82.5 Å². The molecule has 0 bridgehead atoms. The summed E-state index contributed by atoms with van der Waals surface area (Å²) in [6.07, 6.45) is 3.50. The molecule has 25 heavy (non-hydrogen) atoms. The highest BCUT2D eigenvalue weighted by molar-refractivity contribution is 5.72. The molecule has 1 aromatic carbocycles. The number of hydrogen-bond acceptors (Lipinski definition) is 5. The van der Waals surface area contributed by atoms with Gasteiger partial charge in [-0.15, -0.1) is 0 Å². The van der Waals surface area contributed by atoms with Crippen LogP contribution < -0.4 is 5.73 Å². The molecule has 0 radical (unpaired) electrons. The molecule has 0 atom stereocenters. The Morgan fingerprint density at radius 1 is 1.00 bits per heavy atom. The second-order valence-electron chi connectivity index (χ2n) is 6.04. The van der Waals surface area contributed by atoms with E-state index < -0.39 is 0 Å². The number of anilines is 1. The van der Waals surface area contributed by atoms with Gasteiger partial charge in [-0.2, -0.15) is 0 Å². The van der Waals surface area contributed by atoms with Crippen molar-refractivity contribution in [3.63, 3.8) is 0 Å². The van der Waals surface area contributed by atoms with Crippen LogP contribution in [0.5, 0.6) is 0 Å². The lowest BCUT2D eigenvalue weighted by Gasteiger charge is -2.12. The highest BCUT2D eigenvalue weighted by Crippen LogP contribution is 2.29. The van der Waals surface area contributed by atoms with Crippen LogP contribution in [-0.4, -0.2) is 24.5 Å². The molecular weight excluding hydrogens is 312 g/mol. The average molecular weight is 330 g/mol. The Labute approximate surface area is 145 Å². The van der Waals surface area contributed by atoms with E-state index in [1.807, 2.05) is 48.7 Å². The van der Waals surface area contributed by atoms with Gasteiger partial charge in [0.05, 0.1) is 12.9 Å². The van der Waals surface area contributed by atoms with Crippen molar-refractivity contribution in [1.82, 2.24) is 24.5 Å². The molecule has 2 aromatic rings. The normalized spacial score (nSPS) is 11.1. The van der Waals surface area contributed by atoms with Gasteiger partial charge in [0, 0.05) is 17.5 Å². The molecule has 0 aliphatic carbocycles. The van der Waals surface area contributed by atoms with E-state index in [-0.39, 0.29) is 0 Å². The minimum atomic E-state index is 0.390. The van der Waals surface area contributed by atoms with Gasteiger partial charge in [0.2, 0.25) is 0 Å². The highest BCUT2D eigenvalue weighted by Gasteiger charge is 2.20. The standard InChI is InChI=1S/C19H18N6/c1-12-6-3-4-8-15(12)18-23-16-17(20)22-11-25(19(16)24-18)10-14-7-5-9-21-13(14)2/h3-9,11H,10,20H2,1-2H3. The zero-order valence-electron chi connectivity index (χ0n) is 14.1. The van der Waals surface area contributed by atoms with E-state index in [0.717, 1.165) is 28.2 Å². The summed E-state index contributed by atoms with van der Waals surface area (Å²) in [6, 6.07) is 12.0. The Balaban J connectivity index is 1.84. The highest BCUT2D eigenvalue weighted by atomic mass is 15.2. The van der Waals surface area contributed by atoms with Crippen molar-refractivity contribution in [2.75, 3.05) is 5.73 Å². The SMILES string of the molecule is Cc1ccccc1-c1nc2c(N)ncn(Cc3cccnc3C)c-2n1. The molecule has 1 aromatic heterocycles. The van der Waals surface area contributed by atoms with Gasteiger partial charge < -0.3 is 10.3 Å². The third-order valence-electron chi connectivity index (χ3n) is 4.34. The third-order valence-corrected chi connectivity index (χ3v) is 4.34. The molecule has 124 valence electrons. The van der Waals surface area contributed by atoms with Crippen molar-refractivity contribution >= 4 is 5.82 Å². The Bertz CT molecular complexity index is 1020. The summed E-state index contributed by atoms with van der Waals surface area (Å²) in [6.45, 7) is 4.66. The first kappa shape index (κ1) is 15.3. The second kappa shape index (κ2) is 5.98. The summed E-state index contributed by atoms with van der Waals surface area (Å²) in [7, 11) is 0. The molecule has 6 nitrogen and oxygen atoms in total. The van der Waals surface area contributed by atoms with Crippen molar-refractivity contribution < 1.29 is 0 Å². The molecule has 0 saturated heterocycles. The molecule has 0 saturated carbocycles. The number of fused-ring (bicyclic) bond motifs is 1. The molecule has 2 aliphatic rings. The summed E-state index contributed by atoms with van der Waals surface area (Å²) in [5.41, 5.74) is 10.9. The predicted molar refractivity (Wildman–Crippen MR) is 97.1 cm³/mol. The minimum absolute atomic E-state index is 0.390. The van der Waals surface area contributed by atoms with Crippen LogP contribution in [0, 0.1) is 13.8 Å². The number of aromatic nitrogens is 5. The summed E-state index contributed by atoms with van der Waals surface area (Å²) < 4.78 is 1.96. The lowest BCUT2D eigenvalue weighted by atomic mass is 10.1. The van der Waals surface area contributed by atoms with Gasteiger partial charge in [0.25, 0.3) is 0 Å². The Morgan fingerprint density at radius 2 is 1.84 bits per heavy atom. The van der Waals surface area contributed by atoms with Gasteiger partial charge in [-0.25, -0.2) is 15.0 Å². The summed E-state index contributed by atoms with van der Waals surface area (Å²) in [5, 5.41) is 0. The van der Waals surface area contributed by atoms with E-state index in [2.05, 4.69) is 21.0 Å². The maximum absolute atomic E-state index is 6.04. The van der Waals surface area contributed by atoms with E-state index in [4.69, 9.17) is 10.7 Å². The first-order chi connectivity index (χ1) is 12.1. The summed E-state index contributed by atoms with van der Waals surface area (Å²) >= 11 is 0. The van der Waals surface area contributed by atoms with Crippen LogP contribution >= 0.6 is 0 Å². The molecule has 4 rings (SSSR count). The van der Waals surface area contributed by atoms with Crippen LogP contribution in [0.3, 0.4) is 0 Å². The maximum atomic E-state index is 6.04. The number of benzene rings is 1. The number of aryl methyl sites for hydroxylation is 2. The van der Waals surface area contributed by atoms with E-state index in [1.165, 1.54) is 0 Å². The van der Waals surface area contributed by atoms with Crippen molar-refractivity contribution in [2.45, 2.75) is 20.4 Å². The lowest BCUT2D eigenvalue weighted by Crippen LogP contribution is -2.10. The Morgan fingerprint density at radius 3 is 2.64 bits per heavy atom. The maximum Gasteiger partial charge on any atom is 0.166 e. The zero-order chi connectivity index (χ0) is 17.4. The van der Waals surface area contributed by atoms with Crippen LogP contribution in [-0.2, 0) is 6.54 Å². The number of nitrogens with two attached hydrogens (primary N) is 1. The minimum Gasteiger partial charge on any atom is -0.382 e. The second-order valence-corrected chi connectivity index (χ2v) is 6.04. The van der Waals surface area contributed by atoms with Crippen molar-refractivity contribution in [3.05, 3.63) is 65.7 Å². The van der Waals surface area contributed by atoms with Crippen LogP contribution in [0.25, 0.3) is 22.9 Å². The molecule has 0 unspecified atom stereocenters. The third kappa shape index (κ3) is 2.71. The van der Waals surface area contributed by atoms with Gasteiger partial charge in [0.15, 0.2) is 23.2 Å². The smallest absolute Gasteiger partial charge is 0.166 e. The number of pyridine rings is 1. The van der Waals surface area contributed by atoms with Gasteiger partial charge in [-0.1, -0.05) is 30.3 Å². The van der Waals surface area contributed by atoms with Crippen LogP contribution in [0.1, 0.15) is 16.8 Å². The summed E-state index contributed by atoms with van der Waals surface area (Å²) in [5.74, 6) is 1.79. The van der Waals surface area contributed by atoms with Crippen molar-refractivity contribution in [1.29, 1.82) is 0 Å². The molecule has 2 N–H and O–H groups in total. The molecule has 3 heterocycles. The van der Waals surface area contributed by atoms with Crippen LogP contribution in [0.2, 0.25) is 0 Å². The van der Waals surface area contributed by atoms with Gasteiger partial charge in [-0.05, 0) is 31.0 Å². The van der Waals surface area contributed by atoms with Crippen molar-refractivity contribution in [2.24, 2.45) is 0 Å². The van der Waals surface area contributed by atoms with Crippen LogP contribution in [0.4, 0.5) is 5.82 Å². The molecule has 2 aliphatic heterocycles. The molecule has 0 spiro atoms. The molecule has 0 fully saturated rings. The van der Waals surface area contributed by atoms with E-state index >= 15 is 0 Å². The number of nitrogen functional groups attached to an aromatic ring is 1. The largest absolute Gasteiger partial charge is 0.382 e. The fourth-order valence-electron chi connectivity index (χ4n) is 2.88. The predicted octanol–water partition coefficient (Wildman–Crippen LogP) is 3.09. The molecule has 6 heteroatoms. The fourth-order valence-corrected chi connectivity index (χ4v) is 2.88. The average Bonchev–Trinajstić information content (AvgIpc) is 3.06. The van der Waals surface area contributed by atoms with E-state index in [0.29, 0.717) is 23.9 Å². The molecular formula is C19H18N6. The first-order valence-electron chi connectivity index (χ1n) is 8.08. The fraction of sp³-hybridized carbons (Fsp3) is 0.158. The number of hydrogen-bond donors (Lipinski definition) is 1. The number of imidazole rings is 1. The quantitative estimate of drug-likeness (QED) is 0.624. The first-order valence-corrected chi connectivity index (χ1v) is 8.08. The van der Waals surface area contributed by atoms with Crippen molar-refractivity contribution in [3.8, 4) is 22.9 Å². The van der Waals surface area contributed by atoms with E-state index in [9.17, 15) is 0 Å². The summed E-state index contributed by atoms with van der Waals surface area (Å²) in [4.78, 5) is 18.0. The van der Waals surface area contributed by atoms with Gasteiger partial charge in [-0.3, -0.25) is 4.98 Å².